The molecule has 4 heteroatoms. The molecule has 0 fully saturated rings. The van der Waals surface area contributed by atoms with Crippen LogP contribution < -0.4 is 11.3 Å². The molecule has 4 N–H and O–H groups in total. The first-order valence-electron chi connectivity index (χ1n) is 1.87. The first kappa shape index (κ1) is 6.84. The van der Waals surface area contributed by atoms with Gasteiger partial charge < -0.3 is 9.84 Å². The van der Waals surface area contributed by atoms with Gasteiger partial charge in [-0.3, -0.25) is 5.84 Å². The first-order chi connectivity index (χ1) is 3.12. The largest absolute Gasteiger partial charge is 0.353 e. The number of rotatable bonds is 2. The minimum atomic E-state index is -1.39. The monoisotopic (exact) mass is 106 g/mol. The predicted molar refractivity (Wildman–Crippen MR) is 25.0 cm³/mol. The molecule has 0 radical (unpaired) electrons. The van der Waals surface area contributed by atoms with Crippen LogP contribution in [0.2, 0.25) is 0 Å². The summed E-state index contributed by atoms with van der Waals surface area (Å²) in [5.74, 6) is 3.40. The maximum absolute atomic E-state index is 8.67. The van der Waals surface area contributed by atoms with Crippen LogP contribution >= 0.6 is 0 Å². The smallest absolute Gasteiger partial charge is 0.234 e. The molecule has 7 heavy (non-hydrogen) atoms. The fourth-order valence-electron chi connectivity index (χ4n) is 0.0589. The molecule has 44 valence electrons. The van der Waals surface area contributed by atoms with E-state index in [0.717, 1.165) is 0 Å². The van der Waals surface area contributed by atoms with Crippen LogP contribution in [0.15, 0.2) is 0 Å². The summed E-state index contributed by atoms with van der Waals surface area (Å²) in [6.45, 7) is 1.40. The molecule has 1 unspecified atom stereocenters. The van der Waals surface area contributed by atoms with Crippen LogP contribution in [0.4, 0.5) is 0 Å². The number of nitrogens with one attached hydrogen (secondary N) is 1. The van der Waals surface area contributed by atoms with E-state index in [-0.39, 0.29) is 0 Å². The van der Waals surface area contributed by atoms with E-state index >= 15 is 0 Å². The van der Waals surface area contributed by atoms with E-state index < -0.39 is 5.91 Å². The zero-order valence-electron chi connectivity index (χ0n) is 4.43. The van der Waals surface area contributed by atoms with Gasteiger partial charge in [0, 0.05) is 14.0 Å². The van der Waals surface area contributed by atoms with Gasteiger partial charge in [-0.15, -0.1) is 0 Å². The third kappa shape index (κ3) is 2.52. The zero-order chi connectivity index (χ0) is 5.91. The van der Waals surface area contributed by atoms with Crippen LogP contribution in [0.25, 0.3) is 0 Å². The first-order valence-corrected chi connectivity index (χ1v) is 1.87. The van der Waals surface area contributed by atoms with E-state index in [2.05, 4.69) is 4.74 Å². The van der Waals surface area contributed by atoms with E-state index in [1.807, 2.05) is 5.43 Å². The standard InChI is InChI=1S/C3H10N2O2/c1-3(6,5-4)7-2/h5-6H,4H2,1-2H3. The maximum atomic E-state index is 8.67. The Bertz CT molecular complexity index is 48.9. The molecule has 0 aromatic carbocycles. The van der Waals surface area contributed by atoms with Crippen molar-refractivity contribution >= 4 is 0 Å². The van der Waals surface area contributed by atoms with Crippen LogP contribution in [0, 0.1) is 0 Å². The second-order valence-electron chi connectivity index (χ2n) is 1.33. The van der Waals surface area contributed by atoms with E-state index in [0.29, 0.717) is 0 Å². The van der Waals surface area contributed by atoms with Gasteiger partial charge in [0.15, 0.2) is 0 Å². The van der Waals surface area contributed by atoms with Crippen LogP contribution in [0.5, 0.6) is 0 Å². The second kappa shape index (κ2) is 2.23. The molecule has 4 nitrogen and oxygen atoms in total. The van der Waals surface area contributed by atoms with Gasteiger partial charge in [0.05, 0.1) is 0 Å². The Labute approximate surface area is 42.2 Å². The molecule has 0 rings (SSSR count). The third-order valence-electron chi connectivity index (χ3n) is 0.665. The van der Waals surface area contributed by atoms with Crippen molar-refractivity contribution in [2.45, 2.75) is 12.8 Å². The number of hydrogen-bond acceptors (Lipinski definition) is 4. The normalized spacial score (nSPS) is 18.9. The highest BCUT2D eigenvalue weighted by molar-refractivity contribution is 4.44. The molecule has 0 aromatic heterocycles. The molecular weight excluding hydrogens is 96.0 g/mol. The minimum Gasteiger partial charge on any atom is -0.353 e. The molecule has 0 aromatic rings. The Kier molecular flexibility index (Phi) is 2.17. The average molecular weight is 106 g/mol. The molecular formula is C3H10N2O2. The molecule has 0 aliphatic carbocycles. The Morgan fingerprint density at radius 3 is 2.29 bits per heavy atom. The third-order valence-corrected chi connectivity index (χ3v) is 0.665. The molecule has 1 atom stereocenters. The highest BCUT2D eigenvalue weighted by Gasteiger charge is 2.13. The summed E-state index contributed by atoms with van der Waals surface area (Å²) in [5.41, 5.74) is 2.02. The van der Waals surface area contributed by atoms with Crippen LogP contribution in [0.3, 0.4) is 0 Å². The minimum absolute atomic E-state index is 1.35. The Balaban J connectivity index is 3.36. The Hall–Kier alpha value is -0.160. The van der Waals surface area contributed by atoms with Crippen LogP contribution in [-0.4, -0.2) is 18.1 Å². The Morgan fingerprint density at radius 2 is 2.29 bits per heavy atom. The molecule has 0 bridgehead atoms. The van der Waals surface area contributed by atoms with Gasteiger partial charge in [-0.2, -0.15) is 0 Å². The van der Waals surface area contributed by atoms with Gasteiger partial charge >= 0.3 is 0 Å². The summed E-state index contributed by atoms with van der Waals surface area (Å²) in [6.07, 6.45) is 0. The van der Waals surface area contributed by atoms with Crippen LogP contribution in [-0.2, 0) is 4.74 Å². The number of aliphatic hydroxyl groups is 1. The fourth-order valence-corrected chi connectivity index (χ4v) is 0.0589. The molecule has 0 heterocycles. The molecule has 0 saturated carbocycles. The van der Waals surface area contributed by atoms with Crippen molar-refractivity contribution in [1.82, 2.24) is 5.43 Å². The van der Waals surface area contributed by atoms with Crippen molar-refractivity contribution in [1.29, 1.82) is 0 Å². The van der Waals surface area contributed by atoms with E-state index in [1.54, 1.807) is 0 Å². The van der Waals surface area contributed by atoms with Gasteiger partial charge in [-0.1, -0.05) is 0 Å². The zero-order valence-corrected chi connectivity index (χ0v) is 4.43. The number of hydrogen-bond donors (Lipinski definition) is 3. The number of ether oxygens (including phenoxy) is 1. The van der Waals surface area contributed by atoms with Crippen LogP contribution in [0.1, 0.15) is 6.92 Å². The summed E-state index contributed by atoms with van der Waals surface area (Å²) < 4.78 is 4.41. The van der Waals surface area contributed by atoms with Crippen molar-refractivity contribution in [3.05, 3.63) is 0 Å². The van der Waals surface area contributed by atoms with E-state index in [4.69, 9.17) is 10.9 Å². The van der Waals surface area contributed by atoms with Gasteiger partial charge in [0.25, 0.3) is 0 Å². The average Bonchev–Trinajstić information content (AvgIpc) is 1.68. The summed E-state index contributed by atoms with van der Waals surface area (Å²) in [6, 6.07) is 0. The topological polar surface area (TPSA) is 67.5 Å². The maximum Gasteiger partial charge on any atom is 0.234 e. The SMILES string of the molecule is COC(C)(O)NN. The lowest BCUT2D eigenvalue weighted by Crippen LogP contribution is -2.48. The van der Waals surface area contributed by atoms with Gasteiger partial charge in [-0.05, 0) is 0 Å². The Morgan fingerprint density at radius 1 is 1.86 bits per heavy atom. The highest BCUT2D eigenvalue weighted by atomic mass is 16.6. The lowest BCUT2D eigenvalue weighted by molar-refractivity contribution is -0.193. The quantitative estimate of drug-likeness (QED) is 0.234. The van der Waals surface area contributed by atoms with Gasteiger partial charge in [0.2, 0.25) is 5.91 Å². The molecule has 0 spiro atoms. The number of methoxy groups -OCH3 is 1. The predicted octanol–water partition coefficient (Wildman–Crippen LogP) is -1.24. The second-order valence-corrected chi connectivity index (χ2v) is 1.33. The summed E-state index contributed by atoms with van der Waals surface area (Å²) in [4.78, 5) is 0. The van der Waals surface area contributed by atoms with Gasteiger partial charge in [0.1, 0.15) is 0 Å². The summed E-state index contributed by atoms with van der Waals surface area (Å²) in [5, 5.41) is 8.67. The van der Waals surface area contributed by atoms with Crippen molar-refractivity contribution in [2.24, 2.45) is 5.84 Å². The molecule has 0 aliphatic heterocycles. The van der Waals surface area contributed by atoms with Crippen molar-refractivity contribution in [3.63, 3.8) is 0 Å². The van der Waals surface area contributed by atoms with E-state index in [1.165, 1.54) is 14.0 Å². The molecule has 0 saturated heterocycles. The van der Waals surface area contributed by atoms with Crippen molar-refractivity contribution in [2.75, 3.05) is 7.11 Å². The summed E-state index contributed by atoms with van der Waals surface area (Å²) in [7, 11) is 1.35. The lowest BCUT2D eigenvalue weighted by atomic mass is 10.6. The number of nitrogens with two attached hydrogens (primary N) is 1. The summed E-state index contributed by atoms with van der Waals surface area (Å²) >= 11 is 0. The van der Waals surface area contributed by atoms with E-state index in [9.17, 15) is 0 Å². The van der Waals surface area contributed by atoms with Crippen molar-refractivity contribution in [3.8, 4) is 0 Å². The molecule has 0 amide bonds. The van der Waals surface area contributed by atoms with Gasteiger partial charge in [-0.25, -0.2) is 5.43 Å². The lowest BCUT2D eigenvalue weighted by Gasteiger charge is -2.18. The highest BCUT2D eigenvalue weighted by Crippen LogP contribution is 1.92. The number of hydrazine groups is 1. The fraction of sp³-hybridized carbons (Fsp3) is 1.00. The molecule has 0 aliphatic rings. The van der Waals surface area contributed by atoms with Crippen molar-refractivity contribution < 1.29 is 9.84 Å².